The second-order valence-electron chi connectivity index (χ2n) is 1.67. The highest BCUT2D eigenvalue weighted by molar-refractivity contribution is 5.64. The van der Waals surface area contributed by atoms with Crippen LogP contribution in [-0.2, 0) is 0 Å². The van der Waals surface area contributed by atoms with Gasteiger partial charge in [0, 0.05) is 6.54 Å². The van der Waals surface area contributed by atoms with E-state index in [1.807, 2.05) is 0 Å². The molecule has 0 heterocycles. The van der Waals surface area contributed by atoms with Crippen LogP contribution >= 0.6 is 0 Å². The summed E-state index contributed by atoms with van der Waals surface area (Å²) in [6, 6.07) is 0. The van der Waals surface area contributed by atoms with Crippen molar-refractivity contribution < 1.29 is 18.7 Å². The van der Waals surface area contributed by atoms with Crippen molar-refractivity contribution in [2.24, 2.45) is 5.73 Å². The predicted molar refractivity (Wildman–Crippen MR) is 34.3 cm³/mol. The summed E-state index contributed by atoms with van der Waals surface area (Å²) in [4.78, 5) is 9.76. The standard InChI is InChI=1S/C5H8F2N2O2/c6-3(1-8)4(7)2-9-5(10)11/h9H,1-2,8H2,(H,10,11)/b4-3+. The van der Waals surface area contributed by atoms with Crippen LogP contribution in [0.3, 0.4) is 0 Å². The number of nitrogens with one attached hydrogen (secondary N) is 1. The smallest absolute Gasteiger partial charge is 0.405 e. The molecule has 0 bridgehead atoms. The number of carboxylic acid groups (broad SMARTS) is 1. The predicted octanol–water partition coefficient (Wildman–Crippen LogP) is 0.363. The second kappa shape index (κ2) is 4.62. The fraction of sp³-hybridized carbons (Fsp3) is 0.400. The molecule has 0 saturated heterocycles. The quantitative estimate of drug-likeness (QED) is 0.566. The normalized spacial score (nSPS) is 12.3. The van der Waals surface area contributed by atoms with Crippen molar-refractivity contribution in [1.29, 1.82) is 0 Å². The van der Waals surface area contributed by atoms with Gasteiger partial charge in [-0.2, -0.15) is 0 Å². The molecule has 0 atom stereocenters. The highest BCUT2D eigenvalue weighted by Crippen LogP contribution is 2.03. The van der Waals surface area contributed by atoms with Crippen LogP contribution in [0.4, 0.5) is 13.6 Å². The van der Waals surface area contributed by atoms with Crippen molar-refractivity contribution in [3.05, 3.63) is 11.7 Å². The largest absolute Gasteiger partial charge is 0.465 e. The van der Waals surface area contributed by atoms with Crippen molar-refractivity contribution in [3.63, 3.8) is 0 Å². The van der Waals surface area contributed by atoms with E-state index in [4.69, 9.17) is 10.8 Å². The van der Waals surface area contributed by atoms with E-state index < -0.39 is 30.8 Å². The molecule has 0 saturated carbocycles. The van der Waals surface area contributed by atoms with Crippen molar-refractivity contribution >= 4 is 6.09 Å². The molecule has 0 aliphatic rings. The summed E-state index contributed by atoms with van der Waals surface area (Å²) in [5.74, 6) is -2.33. The zero-order chi connectivity index (χ0) is 8.85. The van der Waals surface area contributed by atoms with Gasteiger partial charge in [0.1, 0.15) is 5.83 Å². The fourth-order valence-corrected chi connectivity index (χ4v) is 0.360. The highest BCUT2D eigenvalue weighted by Gasteiger charge is 2.04. The lowest BCUT2D eigenvalue weighted by atomic mass is 10.4. The number of hydrogen-bond acceptors (Lipinski definition) is 2. The molecular weight excluding hydrogens is 158 g/mol. The van der Waals surface area contributed by atoms with Gasteiger partial charge >= 0.3 is 6.09 Å². The number of carbonyl (C=O) groups is 1. The first kappa shape index (κ1) is 9.83. The average Bonchev–Trinajstić information content (AvgIpc) is 1.98. The van der Waals surface area contributed by atoms with E-state index in [1.54, 1.807) is 5.32 Å². The van der Waals surface area contributed by atoms with Crippen LogP contribution in [0.25, 0.3) is 0 Å². The Kier molecular flexibility index (Phi) is 4.12. The van der Waals surface area contributed by atoms with Gasteiger partial charge in [-0.05, 0) is 0 Å². The molecule has 0 aromatic rings. The van der Waals surface area contributed by atoms with Gasteiger partial charge in [0.25, 0.3) is 0 Å². The van der Waals surface area contributed by atoms with Gasteiger partial charge < -0.3 is 16.2 Å². The molecule has 0 aromatic carbocycles. The van der Waals surface area contributed by atoms with Crippen molar-refractivity contribution in [1.82, 2.24) is 5.32 Å². The molecule has 0 aliphatic heterocycles. The topological polar surface area (TPSA) is 75.3 Å². The maximum atomic E-state index is 12.3. The van der Waals surface area contributed by atoms with E-state index in [-0.39, 0.29) is 0 Å². The third kappa shape index (κ3) is 4.26. The maximum Gasteiger partial charge on any atom is 0.405 e. The fourth-order valence-electron chi connectivity index (χ4n) is 0.360. The molecule has 1 amide bonds. The van der Waals surface area contributed by atoms with Gasteiger partial charge in [-0.25, -0.2) is 13.6 Å². The van der Waals surface area contributed by atoms with E-state index in [0.717, 1.165) is 0 Å². The first-order valence-electron chi connectivity index (χ1n) is 2.77. The molecule has 64 valence electrons. The molecule has 11 heavy (non-hydrogen) atoms. The minimum Gasteiger partial charge on any atom is -0.465 e. The first-order valence-corrected chi connectivity index (χ1v) is 2.77. The summed E-state index contributed by atoms with van der Waals surface area (Å²) < 4.78 is 24.4. The number of rotatable bonds is 3. The Labute approximate surface area is 61.7 Å². The lowest BCUT2D eigenvalue weighted by Gasteiger charge is -1.98. The summed E-state index contributed by atoms with van der Waals surface area (Å²) in [6.45, 7) is -1.24. The minimum atomic E-state index is -1.41. The third-order valence-electron chi connectivity index (χ3n) is 0.868. The third-order valence-corrected chi connectivity index (χ3v) is 0.868. The number of halogens is 2. The summed E-state index contributed by atoms with van der Waals surface area (Å²) in [6.07, 6.45) is -1.41. The maximum absolute atomic E-state index is 12.3. The summed E-state index contributed by atoms with van der Waals surface area (Å²) >= 11 is 0. The van der Waals surface area contributed by atoms with Gasteiger partial charge in [0.15, 0.2) is 5.83 Å². The average molecular weight is 166 g/mol. The van der Waals surface area contributed by atoms with Crippen LogP contribution in [0.1, 0.15) is 0 Å². The molecular formula is C5H8F2N2O2. The Hall–Kier alpha value is -1.17. The number of hydrogen-bond donors (Lipinski definition) is 3. The molecule has 0 radical (unpaired) electrons. The Balaban J connectivity index is 3.85. The zero-order valence-corrected chi connectivity index (χ0v) is 5.60. The Bertz CT molecular complexity index is 181. The molecule has 6 heteroatoms. The molecule has 0 aromatic heterocycles. The molecule has 0 aliphatic carbocycles. The lowest BCUT2D eigenvalue weighted by molar-refractivity contribution is 0.194. The molecule has 0 rings (SSSR count). The Morgan fingerprint density at radius 2 is 2.00 bits per heavy atom. The van der Waals surface area contributed by atoms with Crippen molar-refractivity contribution in [2.45, 2.75) is 0 Å². The highest BCUT2D eigenvalue weighted by atomic mass is 19.2. The van der Waals surface area contributed by atoms with Gasteiger partial charge in [-0.1, -0.05) is 0 Å². The Morgan fingerprint density at radius 1 is 1.45 bits per heavy atom. The minimum absolute atomic E-state index is 0.562. The summed E-state index contributed by atoms with van der Waals surface area (Å²) in [5.41, 5.74) is 4.73. The molecule has 0 spiro atoms. The van der Waals surface area contributed by atoms with Gasteiger partial charge in [0.2, 0.25) is 0 Å². The number of nitrogens with two attached hydrogens (primary N) is 1. The Morgan fingerprint density at radius 3 is 2.36 bits per heavy atom. The second-order valence-corrected chi connectivity index (χ2v) is 1.67. The van der Waals surface area contributed by atoms with Crippen LogP contribution in [0.5, 0.6) is 0 Å². The molecule has 4 N–H and O–H groups in total. The summed E-state index contributed by atoms with van der Waals surface area (Å²) in [7, 11) is 0. The van der Waals surface area contributed by atoms with E-state index >= 15 is 0 Å². The molecule has 0 unspecified atom stereocenters. The van der Waals surface area contributed by atoms with E-state index in [1.165, 1.54) is 0 Å². The van der Waals surface area contributed by atoms with Crippen LogP contribution in [0.2, 0.25) is 0 Å². The molecule has 4 nitrogen and oxygen atoms in total. The van der Waals surface area contributed by atoms with Crippen molar-refractivity contribution in [2.75, 3.05) is 13.1 Å². The van der Waals surface area contributed by atoms with E-state index in [0.29, 0.717) is 0 Å². The molecule has 0 fully saturated rings. The van der Waals surface area contributed by atoms with Crippen LogP contribution in [0.15, 0.2) is 11.7 Å². The van der Waals surface area contributed by atoms with Crippen LogP contribution in [-0.4, -0.2) is 24.3 Å². The van der Waals surface area contributed by atoms with Crippen molar-refractivity contribution in [3.8, 4) is 0 Å². The zero-order valence-electron chi connectivity index (χ0n) is 5.60. The van der Waals surface area contributed by atoms with Gasteiger partial charge in [-0.15, -0.1) is 0 Å². The van der Waals surface area contributed by atoms with Gasteiger partial charge in [-0.3, -0.25) is 0 Å². The monoisotopic (exact) mass is 166 g/mol. The summed E-state index contributed by atoms with van der Waals surface area (Å²) in [5, 5.41) is 9.61. The first-order chi connectivity index (χ1) is 5.07. The number of amides is 1. The van der Waals surface area contributed by atoms with E-state index in [9.17, 15) is 13.6 Å². The van der Waals surface area contributed by atoms with Gasteiger partial charge in [0.05, 0.1) is 6.54 Å². The van der Waals surface area contributed by atoms with Crippen LogP contribution < -0.4 is 11.1 Å². The van der Waals surface area contributed by atoms with Crippen LogP contribution in [0, 0.1) is 0 Å². The lowest BCUT2D eigenvalue weighted by Crippen LogP contribution is -2.23. The van der Waals surface area contributed by atoms with E-state index in [2.05, 4.69) is 0 Å². The SMILES string of the molecule is NC/C(F)=C(\F)CNC(=O)O.